The SMILES string of the molecule is Cc1cc2c(c(C(OC(C)(C)C)C(=O)O)c1-c1ccc3c(c1)CCCO3)CCCN2S(=O)(=O)Cc1ccc(Cl)cc1. The Kier molecular flexibility index (Phi) is 8.12. The Labute approximate surface area is 247 Å². The molecule has 7 nitrogen and oxygen atoms in total. The van der Waals surface area contributed by atoms with Crippen LogP contribution in [0.3, 0.4) is 0 Å². The highest BCUT2D eigenvalue weighted by Gasteiger charge is 2.37. The van der Waals surface area contributed by atoms with E-state index < -0.39 is 27.7 Å². The number of carboxylic acids is 1. The van der Waals surface area contributed by atoms with Gasteiger partial charge >= 0.3 is 5.97 Å². The zero-order chi connectivity index (χ0) is 29.5. The van der Waals surface area contributed by atoms with Crippen molar-refractivity contribution >= 4 is 33.3 Å². The van der Waals surface area contributed by atoms with Crippen molar-refractivity contribution < 1.29 is 27.8 Å². The summed E-state index contributed by atoms with van der Waals surface area (Å²) in [4.78, 5) is 12.9. The van der Waals surface area contributed by atoms with Crippen molar-refractivity contribution in [1.82, 2.24) is 0 Å². The smallest absolute Gasteiger partial charge is 0.337 e. The van der Waals surface area contributed by atoms with E-state index in [1.165, 1.54) is 4.31 Å². The van der Waals surface area contributed by atoms with Crippen molar-refractivity contribution in [3.63, 3.8) is 0 Å². The van der Waals surface area contributed by atoms with Gasteiger partial charge in [-0.15, -0.1) is 0 Å². The predicted octanol–water partition coefficient (Wildman–Crippen LogP) is 6.86. The maximum absolute atomic E-state index is 13.8. The number of hydrogen-bond donors (Lipinski definition) is 1. The Hall–Kier alpha value is -3.07. The normalized spacial score (nSPS) is 16.0. The van der Waals surface area contributed by atoms with Gasteiger partial charge in [0, 0.05) is 17.1 Å². The van der Waals surface area contributed by atoms with Crippen LogP contribution in [0.2, 0.25) is 5.02 Å². The van der Waals surface area contributed by atoms with Gasteiger partial charge in [-0.2, -0.15) is 0 Å². The van der Waals surface area contributed by atoms with E-state index in [-0.39, 0.29) is 5.75 Å². The summed E-state index contributed by atoms with van der Waals surface area (Å²) < 4.78 is 41.1. The van der Waals surface area contributed by atoms with Gasteiger partial charge in [0.15, 0.2) is 6.10 Å². The number of benzene rings is 3. The Balaban J connectivity index is 1.70. The van der Waals surface area contributed by atoms with Gasteiger partial charge in [-0.05, 0) is 117 Å². The van der Waals surface area contributed by atoms with Gasteiger partial charge in [0.1, 0.15) is 5.75 Å². The molecule has 5 rings (SSSR count). The third-order valence-electron chi connectivity index (χ3n) is 7.46. The molecule has 3 aromatic carbocycles. The fraction of sp³-hybridized carbons (Fsp3) is 0.406. The topological polar surface area (TPSA) is 93.1 Å². The number of sulfonamides is 1. The van der Waals surface area contributed by atoms with E-state index in [1.807, 2.05) is 45.9 Å². The highest BCUT2D eigenvalue weighted by molar-refractivity contribution is 7.92. The predicted molar refractivity (Wildman–Crippen MR) is 161 cm³/mol. The van der Waals surface area contributed by atoms with Crippen LogP contribution in [0.25, 0.3) is 11.1 Å². The van der Waals surface area contributed by atoms with Crippen molar-refractivity contribution in [1.29, 1.82) is 0 Å². The molecule has 0 fully saturated rings. The van der Waals surface area contributed by atoms with E-state index in [9.17, 15) is 18.3 Å². The van der Waals surface area contributed by atoms with Gasteiger partial charge in [-0.3, -0.25) is 4.31 Å². The van der Waals surface area contributed by atoms with E-state index in [4.69, 9.17) is 21.1 Å². The van der Waals surface area contributed by atoms with Crippen molar-refractivity contribution in [3.8, 4) is 16.9 Å². The number of nitrogens with zero attached hydrogens (tertiary/aromatic N) is 1. The Morgan fingerprint density at radius 1 is 1.10 bits per heavy atom. The third-order valence-corrected chi connectivity index (χ3v) is 9.46. The molecule has 9 heteroatoms. The highest BCUT2D eigenvalue weighted by Crippen LogP contribution is 2.45. The average molecular weight is 598 g/mol. The summed E-state index contributed by atoms with van der Waals surface area (Å²) in [6, 6.07) is 14.6. The van der Waals surface area contributed by atoms with E-state index >= 15 is 0 Å². The largest absolute Gasteiger partial charge is 0.493 e. The lowest BCUT2D eigenvalue weighted by Crippen LogP contribution is -2.38. The van der Waals surface area contributed by atoms with Gasteiger partial charge in [-0.1, -0.05) is 29.8 Å². The standard InChI is InChI=1S/C32H36ClNO6S/c1-20-17-26-25(8-5-15-34(26)41(37,38)19-21-9-12-24(33)13-10-21)29(30(31(35)36)40-32(2,3)4)28(20)23-11-14-27-22(18-23)7-6-16-39-27/h9-14,17-18,30H,5-8,15-16,19H2,1-4H3,(H,35,36). The summed E-state index contributed by atoms with van der Waals surface area (Å²) in [6.07, 6.45) is 1.60. The second kappa shape index (κ2) is 11.3. The molecule has 1 N–H and O–H groups in total. The zero-order valence-electron chi connectivity index (χ0n) is 23.9. The minimum absolute atomic E-state index is 0.189. The monoisotopic (exact) mass is 597 g/mol. The summed E-state index contributed by atoms with van der Waals surface area (Å²) in [5.74, 6) is -0.459. The van der Waals surface area contributed by atoms with Crippen LogP contribution in [0.15, 0.2) is 48.5 Å². The second-order valence-electron chi connectivity index (χ2n) is 11.8. The van der Waals surface area contributed by atoms with Gasteiger partial charge in [0.2, 0.25) is 10.0 Å². The van der Waals surface area contributed by atoms with Crippen LogP contribution in [-0.2, 0) is 38.1 Å². The Morgan fingerprint density at radius 2 is 1.83 bits per heavy atom. The summed E-state index contributed by atoms with van der Waals surface area (Å²) in [6.45, 7) is 8.37. The number of fused-ring (bicyclic) bond motifs is 2. The highest BCUT2D eigenvalue weighted by atomic mass is 35.5. The molecular formula is C32H36ClNO6S. The number of halogens is 1. The number of rotatable bonds is 7. The Morgan fingerprint density at radius 3 is 2.51 bits per heavy atom. The molecular weight excluding hydrogens is 562 g/mol. The second-order valence-corrected chi connectivity index (χ2v) is 14.1. The molecule has 0 aliphatic carbocycles. The lowest BCUT2D eigenvalue weighted by molar-refractivity contribution is -0.160. The van der Waals surface area contributed by atoms with Crippen molar-refractivity contribution in [2.24, 2.45) is 0 Å². The number of anilines is 1. The van der Waals surface area contributed by atoms with Gasteiger partial charge in [-0.25, -0.2) is 13.2 Å². The molecule has 0 amide bonds. The zero-order valence-corrected chi connectivity index (χ0v) is 25.4. The summed E-state index contributed by atoms with van der Waals surface area (Å²) in [7, 11) is -3.78. The maximum Gasteiger partial charge on any atom is 0.337 e. The molecule has 0 radical (unpaired) electrons. The lowest BCUT2D eigenvalue weighted by atomic mass is 9.83. The fourth-order valence-electron chi connectivity index (χ4n) is 5.80. The molecule has 3 aromatic rings. The minimum Gasteiger partial charge on any atom is -0.493 e. The first-order valence-electron chi connectivity index (χ1n) is 13.9. The molecule has 0 aromatic heterocycles. The molecule has 0 saturated carbocycles. The van der Waals surface area contributed by atoms with Crippen LogP contribution in [0.4, 0.5) is 5.69 Å². The van der Waals surface area contributed by atoms with Crippen molar-refractivity contribution in [2.45, 2.75) is 70.8 Å². The summed E-state index contributed by atoms with van der Waals surface area (Å²) in [5, 5.41) is 11.0. The Bertz CT molecular complexity index is 1580. The minimum atomic E-state index is -3.78. The lowest BCUT2D eigenvalue weighted by Gasteiger charge is -2.36. The molecule has 1 unspecified atom stereocenters. The fourth-order valence-corrected chi connectivity index (χ4v) is 7.57. The molecule has 2 heterocycles. The van der Waals surface area contributed by atoms with Gasteiger partial charge in [0.25, 0.3) is 0 Å². The number of ether oxygens (including phenoxy) is 2. The summed E-state index contributed by atoms with van der Waals surface area (Å²) in [5.41, 5.74) is 5.11. The maximum atomic E-state index is 13.8. The van der Waals surface area contributed by atoms with Crippen LogP contribution in [0, 0.1) is 6.92 Å². The molecule has 2 aliphatic heterocycles. The summed E-state index contributed by atoms with van der Waals surface area (Å²) >= 11 is 6.01. The van der Waals surface area contributed by atoms with Crippen LogP contribution < -0.4 is 9.04 Å². The van der Waals surface area contributed by atoms with Gasteiger partial charge < -0.3 is 14.6 Å². The van der Waals surface area contributed by atoms with E-state index in [0.29, 0.717) is 53.4 Å². The first-order chi connectivity index (χ1) is 19.3. The van der Waals surface area contributed by atoms with Crippen LogP contribution in [0.1, 0.15) is 67.5 Å². The van der Waals surface area contributed by atoms with Crippen molar-refractivity contribution in [2.75, 3.05) is 17.5 Å². The number of aliphatic carboxylic acids is 1. The molecule has 0 saturated heterocycles. The van der Waals surface area contributed by atoms with Crippen LogP contribution in [-0.4, -0.2) is 38.2 Å². The number of carboxylic acid groups (broad SMARTS) is 1. The quantitative estimate of drug-likeness (QED) is 0.320. The van der Waals surface area contributed by atoms with Crippen LogP contribution >= 0.6 is 11.6 Å². The average Bonchev–Trinajstić information content (AvgIpc) is 2.91. The number of aryl methyl sites for hydroxylation is 2. The van der Waals surface area contributed by atoms with Crippen molar-refractivity contribution in [3.05, 3.63) is 81.4 Å². The van der Waals surface area contributed by atoms with E-state index in [0.717, 1.165) is 40.8 Å². The molecule has 218 valence electrons. The molecule has 0 bridgehead atoms. The van der Waals surface area contributed by atoms with E-state index in [2.05, 4.69) is 6.07 Å². The van der Waals surface area contributed by atoms with E-state index in [1.54, 1.807) is 24.3 Å². The number of carbonyl (C=O) groups is 1. The molecule has 41 heavy (non-hydrogen) atoms. The molecule has 0 spiro atoms. The van der Waals surface area contributed by atoms with Gasteiger partial charge in [0.05, 0.1) is 23.6 Å². The first kappa shape index (κ1) is 29.4. The first-order valence-corrected chi connectivity index (χ1v) is 15.9. The molecule has 1 atom stereocenters. The third kappa shape index (κ3) is 6.25. The van der Waals surface area contributed by atoms with Crippen LogP contribution in [0.5, 0.6) is 5.75 Å². The molecule has 2 aliphatic rings. The number of hydrogen-bond acceptors (Lipinski definition) is 5.